The van der Waals surface area contributed by atoms with Crippen molar-refractivity contribution in [2.75, 3.05) is 19.6 Å². The SMILES string of the molecule is O=C(c1ccccc1)N1CCc2nc([C@@H]3CCCNC3)ncc2C1. The van der Waals surface area contributed by atoms with Crippen LogP contribution in [0.5, 0.6) is 0 Å². The standard InChI is InChI=1S/C19H22N4O/c24-19(14-5-2-1-3-6-14)23-10-8-17-16(13-23)12-21-18(22-17)15-7-4-9-20-11-15/h1-3,5-6,12,15,20H,4,7-11,13H2/t15-/m1/s1. The van der Waals surface area contributed by atoms with E-state index in [1.807, 2.05) is 41.4 Å². The van der Waals surface area contributed by atoms with Crippen LogP contribution in [0.3, 0.4) is 0 Å². The van der Waals surface area contributed by atoms with Crippen LogP contribution in [0.1, 0.15) is 46.2 Å². The third-order valence-electron chi connectivity index (χ3n) is 4.92. The van der Waals surface area contributed by atoms with Gasteiger partial charge in [0.2, 0.25) is 0 Å². The van der Waals surface area contributed by atoms with E-state index < -0.39 is 0 Å². The molecule has 1 fully saturated rings. The lowest BCUT2D eigenvalue weighted by molar-refractivity contribution is 0.0733. The molecule has 124 valence electrons. The van der Waals surface area contributed by atoms with Crippen LogP contribution < -0.4 is 5.32 Å². The third-order valence-corrected chi connectivity index (χ3v) is 4.92. The highest BCUT2D eigenvalue weighted by molar-refractivity contribution is 5.94. The minimum absolute atomic E-state index is 0.0850. The number of aromatic nitrogens is 2. The van der Waals surface area contributed by atoms with Crippen molar-refractivity contribution in [2.45, 2.75) is 31.7 Å². The van der Waals surface area contributed by atoms with Gasteiger partial charge >= 0.3 is 0 Å². The van der Waals surface area contributed by atoms with Gasteiger partial charge in [0.05, 0.1) is 5.69 Å². The summed E-state index contributed by atoms with van der Waals surface area (Å²) >= 11 is 0. The summed E-state index contributed by atoms with van der Waals surface area (Å²) in [5.41, 5.74) is 2.94. The van der Waals surface area contributed by atoms with Crippen molar-refractivity contribution in [1.29, 1.82) is 0 Å². The first kappa shape index (κ1) is 15.3. The van der Waals surface area contributed by atoms with Gasteiger partial charge in [-0.25, -0.2) is 9.97 Å². The van der Waals surface area contributed by atoms with Gasteiger partial charge < -0.3 is 10.2 Å². The number of carbonyl (C=O) groups excluding carboxylic acids is 1. The third kappa shape index (κ3) is 3.04. The van der Waals surface area contributed by atoms with Crippen molar-refractivity contribution in [3.63, 3.8) is 0 Å². The summed E-state index contributed by atoms with van der Waals surface area (Å²) in [4.78, 5) is 23.9. The molecule has 1 aromatic heterocycles. The highest BCUT2D eigenvalue weighted by Crippen LogP contribution is 2.24. The van der Waals surface area contributed by atoms with Gasteiger partial charge in [-0.3, -0.25) is 4.79 Å². The van der Waals surface area contributed by atoms with Gasteiger partial charge in [0.25, 0.3) is 5.91 Å². The molecule has 0 saturated carbocycles. The molecular weight excluding hydrogens is 300 g/mol. The summed E-state index contributed by atoms with van der Waals surface area (Å²) in [5, 5.41) is 3.42. The lowest BCUT2D eigenvalue weighted by atomic mass is 9.98. The number of amides is 1. The summed E-state index contributed by atoms with van der Waals surface area (Å²) in [6.07, 6.45) is 5.08. The fourth-order valence-corrected chi connectivity index (χ4v) is 3.54. The molecule has 5 nitrogen and oxygen atoms in total. The number of hydrogen-bond donors (Lipinski definition) is 1. The number of carbonyl (C=O) groups is 1. The molecule has 2 aromatic rings. The first-order valence-corrected chi connectivity index (χ1v) is 8.71. The Bertz CT molecular complexity index is 725. The zero-order chi connectivity index (χ0) is 16.4. The average molecular weight is 322 g/mol. The molecule has 1 N–H and O–H groups in total. The minimum Gasteiger partial charge on any atom is -0.334 e. The fraction of sp³-hybridized carbons (Fsp3) is 0.421. The molecule has 0 aliphatic carbocycles. The van der Waals surface area contributed by atoms with Gasteiger partial charge in [0.15, 0.2) is 0 Å². The monoisotopic (exact) mass is 322 g/mol. The van der Waals surface area contributed by atoms with Crippen LogP contribution in [-0.4, -0.2) is 40.4 Å². The van der Waals surface area contributed by atoms with Crippen LogP contribution in [0.4, 0.5) is 0 Å². The summed E-state index contributed by atoms with van der Waals surface area (Å²) < 4.78 is 0. The summed E-state index contributed by atoms with van der Waals surface area (Å²) in [6, 6.07) is 9.47. The van der Waals surface area contributed by atoms with Crippen molar-refractivity contribution in [1.82, 2.24) is 20.2 Å². The van der Waals surface area contributed by atoms with E-state index in [1.54, 1.807) is 0 Å². The van der Waals surface area contributed by atoms with Gasteiger partial charge in [-0.2, -0.15) is 0 Å². The number of nitrogens with one attached hydrogen (secondary N) is 1. The molecule has 1 aromatic carbocycles. The van der Waals surface area contributed by atoms with E-state index in [0.717, 1.165) is 55.1 Å². The van der Waals surface area contributed by atoms with Crippen LogP contribution in [0.15, 0.2) is 36.5 Å². The predicted octanol–water partition coefficient (Wildman–Crippen LogP) is 2.14. The molecule has 2 aliphatic rings. The summed E-state index contributed by atoms with van der Waals surface area (Å²) in [7, 11) is 0. The van der Waals surface area contributed by atoms with Gasteiger partial charge in [-0.05, 0) is 31.5 Å². The van der Waals surface area contributed by atoms with Crippen LogP contribution in [-0.2, 0) is 13.0 Å². The van der Waals surface area contributed by atoms with Crippen LogP contribution in [0, 0.1) is 0 Å². The first-order valence-electron chi connectivity index (χ1n) is 8.71. The molecule has 1 saturated heterocycles. The molecule has 0 radical (unpaired) electrons. The van der Waals surface area contributed by atoms with E-state index in [1.165, 1.54) is 6.42 Å². The van der Waals surface area contributed by atoms with Gasteiger partial charge in [0.1, 0.15) is 5.82 Å². The lowest BCUT2D eigenvalue weighted by Gasteiger charge is -2.29. The number of piperidine rings is 1. The minimum atomic E-state index is 0.0850. The first-order chi connectivity index (χ1) is 11.8. The van der Waals surface area contributed by atoms with Gasteiger partial charge in [-0.15, -0.1) is 0 Å². The quantitative estimate of drug-likeness (QED) is 0.920. The highest BCUT2D eigenvalue weighted by atomic mass is 16.2. The fourth-order valence-electron chi connectivity index (χ4n) is 3.54. The summed E-state index contributed by atoms with van der Waals surface area (Å²) in [6.45, 7) is 3.39. The zero-order valence-electron chi connectivity index (χ0n) is 13.7. The van der Waals surface area contributed by atoms with E-state index in [9.17, 15) is 4.79 Å². The molecule has 0 unspecified atom stereocenters. The Kier molecular flexibility index (Phi) is 4.26. The van der Waals surface area contributed by atoms with E-state index >= 15 is 0 Å². The molecule has 5 heteroatoms. The Morgan fingerprint density at radius 3 is 2.92 bits per heavy atom. The second-order valence-electron chi connectivity index (χ2n) is 6.59. The molecule has 1 atom stereocenters. The Balaban J connectivity index is 1.50. The van der Waals surface area contributed by atoms with Crippen molar-refractivity contribution in [2.24, 2.45) is 0 Å². The van der Waals surface area contributed by atoms with Crippen molar-refractivity contribution in [3.8, 4) is 0 Å². The number of fused-ring (bicyclic) bond motifs is 1. The van der Waals surface area contributed by atoms with E-state index in [4.69, 9.17) is 4.98 Å². The number of benzene rings is 1. The lowest BCUT2D eigenvalue weighted by Crippen LogP contribution is -2.37. The van der Waals surface area contributed by atoms with E-state index in [0.29, 0.717) is 12.5 Å². The molecule has 4 rings (SSSR count). The average Bonchev–Trinajstić information content (AvgIpc) is 2.68. The maximum atomic E-state index is 12.6. The summed E-state index contributed by atoms with van der Waals surface area (Å²) in [5.74, 6) is 1.47. The second-order valence-corrected chi connectivity index (χ2v) is 6.59. The zero-order valence-corrected chi connectivity index (χ0v) is 13.7. The van der Waals surface area contributed by atoms with E-state index in [-0.39, 0.29) is 5.91 Å². The highest BCUT2D eigenvalue weighted by Gasteiger charge is 2.25. The Labute approximate surface area is 142 Å². The smallest absolute Gasteiger partial charge is 0.254 e. The Morgan fingerprint density at radius 2 is 2.12 bits per heavy atom. The van der Waals surface area contributed by atoms with Crippen LogP contribution in [0.2, 0.25) is 0 Å². The molecule has 2 aliphatic heterocycles. The number of rotatable bonds is 2. The molecule has 3 heterocycles. The van der Waals surface area contributed by atoms with Crippen LogP contribution >= 0.6 is 0 Å². The predicted molar refractivity (Wildman–Crippen MR) is 91.8 cm³/mol. The maximum absolute atomic E-state index is 12.6. The van der Waals surface area contributed by atoms with Gasteiger partial charge in [-0.1, -0.05) is 18.2 Å². The molecule has 1 amide bonds. The van der Waals surface area contributed by atoms with Crippen molar-refractivity contribution < 1.29 is 4.79 Å². The molecular formula is C19H22N4O. The van der Waals surface area contributed by atoms with Crippen molar-refractivity contribution in [3.05, 3.63) is 59.2 Å². The topological polar surface area (TPSA) is 58.1 Å². The van der Waals surface area contributed by atoms with Gasteiger partial charge in [0, 0.05) is 49.3 Å². The largest absolute Gasteiger partial charge is 0.334 e. The number of hydrogen-bond acceptors (Lipinski definition) is 4. The Morgan fingerprint density at radius 1 is 1.25 bits per heavy atom. The molecule has 0 spiro atoms. The molecule has 24 heavy (non-hydrogen) atoms. The van der Waals surface area contributed by atoms with Crippen LogP contribution in [0.25, 0.3) is 0 Å². The van der Waals surface area contributed by atoms with Crippen molar-refractivity contribution >= 4 is 5.91 Å². The normalized spacial score (nSPS) is 20.5. The molecule has 0 bridgehead atoms. The van der Waals surface area contributed by atoms with E-state index in [2.05, 4.69) is 10.3 Å². The Hall–Kier alpha value is -2.27. The second kappa shape index (κ2) is 6.69. The number of nitrogens with zero attached hydrogens (tertiary/aromatic N) is 3. The maximum Gasteiger partial charge on any atom is 0.254 e.